The van der Waals surface area contributed by atoms with Gasteiger partial charge in [-0.05, 0) is 51.2 Å². The van der Waals surface area contributed by atoms with E-state index in [-0.39, 0.29) is 5.78 Å². The van der Waals surface area contributed by atoms with Gasteiger partial charge in [0.25, 0.3) is 0 Å². The first-order chi connectivity index (χ1) is 7.45. The van der Waals surface area contributed by atoms with Gasteiger partial charge in [-0.3, -0.25) is 4.79 Å². The highest BCUT2D eigenvalue weighted by Crippen LogP contribution is 2.13. The summed E-state index contributed by atoms with van der Waals surface area (Å²) in [6, 6.07) is 0. The minimum absolute atomic E-state index is 0.210. The third-order valence-corrected chi connectivity index (χ3v) is 2.47. The van der Waals surface area contributed by atoms with Crippen molar-refractivity contribution in [3.05, 3.63) is 36.0 Å². The van der Waals surface area contributed by atoms with Gasteiger partial charge in [-0.15, -0.1) is 0 Å². The van der Waals surface area contributed by atoms with Gasteiger partial charge in [-0.2, -0.15) is 0 Å². The lowest BCUT2D eigenvalue weighted by molar-refractivity contribution is -0.115. The molecule has 0 saturated heterocycles. The fraction of sp³-hybridized carbons (Fsp3) is 0.533. The summed E-state index contributed by atoms with van der Waals surface area (Å²) in [6.45, 7) is 11.9. The first-order valence-corrected chi connectivity index (χ1v) is 5.92. The van der Waals surface area contributed by atoms with E-state index in [0.717, 1.165) is 18.4 Å². The number of carbonyl (C=O) groups is 1. The van der Waals surface area contributed by atoms with Crippen molar-refractivity contribution in [2.75, 3.05) is 0 Å². The quantitative estimate of drug-likeness (QED) is 0.352. The van der Waals surface area contributed by atoms with Crippen LogP contribution in [0.5, 0.6) is 0 Å². The number of allylic oxidation sites excluding steroid dienone is 5. The molecule has 0 unspecified atom stereocenters. The molecule has 0 aliphatic rings. The summed E-state index contributed by atoms with van der Waals surface area (Å²) in [4.78, 5) is 11.6. The summed E-state index contributed by atoms with van der Waals surface area (Å²) in [7, 11) is 0. The number of carbonyl (C=O) groups excluding carboxylic acids is 1. The standard InChI is InChI=1S/C15H24O/c1-6-13(4)10-15(16)11-14(5)9-7-8-12(2)3/h6,8,10,14H,1,7,9,11H2,2-5H3/b13-10+/t14-/m1/s1. The van der Waals surface area contributed by atoms with Crippen molar-refractivity contribution in [1.29, 1.82) is 0 Å². The van der Waals surface area contributed by atoms with Gasteiger partial charge in [-0.1, -0.05) is 31.2 Å². The maximum Gasteiger partial charge on any atom is 0.156 e. The van der Waals surface area contributed by atoms with Gasteiger partial charge < -0.3 is 0 Å². The second-order valence-electron chi connectivity index (χ2n) is 4.73. The van der Waals surface area contributed by atoms with Crippen molar-refractivity contribution in [2.45, 2.75) is 47.0 Å². The first kappa shape index (κ1) is 14.9. The molecule has 90 valence electrons. The molecule has 0 aliphatic heterocycles. The highest BCUT2D eigenvalue weighted by molar-refractivity contribution is 5.90. The van der Waals surface area contributed by atoms with Gasteiger partial charge in [0.15, 0.2) is 5.78 Å². The third kappa shape index (κ3) is 8.22. The highest BCUT2D eigenvalue weighted by atomic mass is 16.1. The van der Waals surface area contributed by atoms with Crippen LogP contribution >= 0.6 is 0 Å². The fourth-order valence-corrected chi connectivity index (χ4v) is 1.47. The largest absolute Gasteiger partial charge is 0.295 e. The van der Waals surface area contributed by atoms with Crippen LogP contribution in [0.2, 0.25) is 0 Å². The predicted molar refractivity (Wildman–Crippen MR) is 71.4 cm³/mol. The van der Waals surface area contributed by atoms with E-state index in [1.807, 2.05) is 6.92 Å². The van der Waals surface area contributed by atoms with Gasteiger partial charge in [0, 0.05) is 6.42 Å². The summed E-state index contributed by atoms with van der Waals surface area (Å²) in [5.41, 5.74) is 2.29. The zero-order valence-electron chi connectivity index (χ0n) is 11.0. The maximum absolute atomic E-state index is 11.6. The Balaban J connectivity index is 3.96. The van der Waals surface area contributed by atoms with Crippen LogP contribution in [0.3, 0.4) is 0 Å². The molecule has 0 radical (unpaired) electrons. The average molecular weight is 220 g/mol. The molecule has 0 heterocycles. The van der Waals surface area contributed by atoms with E-state index in [1.54, 1.807) is 12.2 Å². The van der Waals surface area contributed by atoms with Crippen LogP contribution in [0.4, 0.5) is 0 Å². The molecule has 0 fully saturated rings. The smallest absolute Gasteiger partial charge is 0.156 e. The Bertz CT molecular complexity index is 291. The molecule has 1 nitrogen and oxygen atoms in total. The van der Waals surface area contributed by atoms with Crippen LogP contribution in [-0.4, -0.2) is 5.78 Å². The van der Waals surface area contributed by atoms with E-state index in [9.17, 15) is 4.79 Å². The average Bonchev–Trinajstić information content (AvgIpc) is 2.16. The van der Waals surface area contributed by atoms with Crippen molar-refractivity contribution >= 4 is 5.78 Å². The number of rotatable bonds is 7. The van der Waals surface area contributed by atoms with Gasteiger partial charge >= 0.3 is 0 Å². The summed E-state index contributed by atoms with van der Waals surface area (Å²) < 4.78 is 0. The van der Waals surface area contributed by atoms with Gasteiger partial charge in [-0.25, -0.2) is 0 Å². The second kappa shape index (κ2) is 8.09. The van der Waals surface area contributed by atoms with Gasteiger partial charge in [0.2, 0.25) is 0 Å². The Hall–Kier alpha value is -1.11. The van der Waals surface area contributed by atoms with E-state index in [4.69, 9.17) is 0 Å². The lowest BCUT2D eigenvalue weighted by Gasteiger charge is -2.07. The number of ketones is 1. The number of hydrogen-bond donors (Lipinski definition) is 0. The monoisotopic (exact) mass is 220 g/mol. The molecule has 0 bridgehead atoms. The van der Waals surface area contributed by atoms with E-state index < -0.39 is 0 Å². The molecule has 0 aromatic heterocycles. The van der Waals surface area contributed by atoms with Crippen LogP contribution in [-0.2, 0) is 4.79 Å². The van der Waals surface area contributed by atoms with Gasteiger partial charge in [0.1, 0.15) is 0 Å². The second-order valence-corrected chi connectivity index (χ2v) is 4.73. The molecule has 1 atom stereocenters. The molecule has 0 aliphatic carbocycles. The molecule has 0 amide bonds. The lowest BCUT2D eigenvalue weighted by atomic mass is 9.98. The minimum Gasteiger partial charge on any atom is -0.295 e. The zero-order chi connectivity index (χ0) is 12.6. The minimum atomic E-state index is 0.210. The summed E-state index contributed by atoms with van der Waals surface area (Å²) >= 11 is 0. The summed E-state index contributed by atoms with van der Waals surface area (Å²) in [5, 5.41) is 0. The summed E-state index contributed by atoms with van der Waals surface area (Å²) in [5.74, 6) is 0.666. The first-order valence-electron chi connectivity index (χ1n) is 5.92. The third-order valence-electron chi connectivity index (χ3n) is 2.47. The molecule has 1 heteroatoms. The Morgan fingerprint density at radius 2 is 1.94 bits per heavy atom. The molecule has 0 rings (SSSR count). The molecule has 16 heavy (non-hydrogen) atoms. The summed E-state index contributed by atoms with van der Waals surface area (Å²) in [6.07, 6.45) is 8.42. The Morgan fingerprint density at radius 1 is 1.31 bits per heavy atom. The van der Waals surface area contributed by atoms with Crippen molar-refractivity contribution in [3.8, 4) is 0 Å². The zero-order valence-corrected chi connectivity index (χ0v) is 11.0. The van der Waals surface area contributed by atoms with Crippen molar-refractivity contribution in [3.63, 3.8) is 0 Å². The van der Waals surface area contributed by atoms with Crippen LogP contribution < -0.4 is 0 Å². The maximum atomic E-state index is 11.6. The van der Waals surface area contributed by atoms with Crippen LogP contribution in [0.1, 0.15) is 47.0 Å². The topological polar surface area (TPSA) is 17.1 Å². The molecule has 0 aromatic carbocycles. The van der Waals surface area contributed by atoms with Crippen LogP contribution in [0.15, 0.2) is 36.0 Å². The van der Waals surface area contributed by atoms with E-state index >= 15 is 0 Å². The predicted octanol–water partition coefficient (Wildman–Crippen LogP) is 4.46. The molecular weight excluding hydrogens is 196 g/mol. The Labute approximate surface area is 99.9 Å². The molecular formula is C15H24O. The molecule has 0 saturated carbocycles. The molecule has 0 N–H and O–H groups in total. The van der Waals surface area contributed by atoms with Crippen molar-refractivity contribution in [1.82, 2.24) is 0 Å². The van der Waals surface area contributed by atoms with Crippen molar-refractivity contribution in [2.24, 2.45) is 5.92 Å². The Kier molecular flexibility index (Phi) is 7.53. The van der Waals surface area contributed by atoms with Gasteiger partial charge in [0.05, 0.1) is 0 Å². The van der Waals surface area contributed by atoms with E-state index in [2.05, 4.69) is 33.4 Å². The fourth-order valence-electron chi connectivity index (χ4n) is 1.47. The lowest BCUT2D eigenvalue weighted by Crippen LogP contribution is -2.03. The SMILES string of the molecule is C=C/C(C)=C/C(=O)C[C@H](C)CCC=C(C)C. The molecule has 0 aromatic rings. The van der Waals surface area contributed by atoms with Crippen LogP contribution in [0.25, 0.3) is 0 Å². The Morgan fingerprint density at radius 3 is 2.44 bits per heavy atom. The molecule has 0 spiro atoms. The van der Waals surface area contributed by atoms with E-state index in [1.165, 1.54) is 5.57 Å². The van der Waals surface area contributed by atoms with E-state index in [0.29, 0.717) is 12.3 Å². The van der Waals surface area contributed by atoms with Crippen molar-refractivity contribution < 1.29 is 4.79 Å². The normalized spacial score (nSPS) is 13.1. The highest BCUT2D eigenvalue weighted by Gasteiger charge is 2.06. The van der Waals surface area contributed by atoms with Crippen LogP contribution in [0, 0.1) is 5.92 Å². The number of hydrogen-bond acceptors (Lipinski definition) is 1.